The Hall–Kier alpha value is -2.28. The van der Waals surface area contributed by atoms with Gasteiger partial charge in [-0.15, -0.1) is 11.8 Å². The summed E-state index contributed by atoms with van der Waals surface area (Å²) in [5.41, 5.74) is -0.121. The summed E-state index contributed by atoms with van der Waals surface area (Å²) in [6.45, 7) is 2.13. The number of benzene rings is 2. The molecule has 1 fully saturated rings. The molecule has 2 aromatic carbocycles. The van der Waals surface area contributed by atoms with Gasteiger partial charge < -0.3 is 15.3 Å². The summed E-state index contributed by atoms with van der Waals surface area (Å²) in [7, 11) is 0. The molecule has 31 heavy (non-hydrogen) atoms. The van der Waals surface area contributed by atoms with Gasteiger partial charge in [0.1, 0.15) is 0 Å². The molecule has 0 saturated carbocycles. The first-order valence-electron chi connectivity index (χ1n) is 10.4. The van der Waals surface area contributed by atoms with Crippen molar-refractivity contribution in [2.45, 2.75) is 18.4 Å². The topological polar surface area (TPSA) is 69.6 Å². The lowest BCUT2D eigenvalue weighted by molar-refractivity contribution is -0.145. The average Bonchev–Trinajstić information content (AvgIpc) is 3.25. The molecule has 2 N–H and O–H groups in total. The molecule has 0 bridgehead atoms. The summed E-state index contributed by atoms with van der Waals surface area (Å²) in [5, 5.41) is 14.1. The Morgan fingerprint density at radius 1 is 1.10 bits per heavy atom. The fourth-order valence-electron chi connectivity index (χ4n) is 4.18. The van der Waals surface area contributed by atoms with Gasteiger partial charge in [-0.25, -0.2) is 4.79 Å². The molecule has 7 heteroatoms. The second-order valence-corrected chi connectivity index (χ2v) is 9.41. The molecule has 0 aliphatic carbocycles. The van der Waals surface area contributed by atoms with E-state index in [1.165, 1.54) is 11.8 Å². The Morgan fingerprint density at radius 3 is 2.45 bits per heavy atom. The number of hydrogen-bond acceptors (Lipinski definition) is 4. The summed E-state index contributed by atoms with van der Waals surface area (Å²) < 4.78 is 0. The van der Waals surface area contributed by atoms with Gasteiger partial charge in [0.2, 0.25) is 0 Å². The van der Waals surface area contributed by atoms with Crippen molar-refractivity contribution in [3.05, 3.63) is 76.8 Å². The Kier molecular flexibility index (Phi) is 6.70. The van der Waals surface area contributed by atoms with Crippen molar-refractivity contribution in [1.29, 1.82) is 0 Å². The summed E-state index contributed by atoms with van der Waals surface area (Å²) >= 11 is 7.82. The highest BCUT2D eigenvalue weighted by molar-refractivity contribution is 8.08. The van der Waals surface area contributed by atoms with Crippen LogP contribution in [0.5, 0.6) is 0 Å². The van der Waals surface area contributed by atoms with E-state index in [0.29, 0.717) is 17.1 Å². The molecule has 2 aromatic rings. The van der Waals surface area contributed by atoms with Crippen LogP contribution in [0.25, 0.3) is 4.91 Å². The van der Waals surface area contributed by atoms with Crippen molar-refractivity contribution in [2.75, 3.05) is 25.4 Å². The fraction of sp³-hybridized carbons (Fsp3) is 0.333. The quantitative estimate of drug-likeness (QED) is 0.674. The molecule has 2 aliphatic heterocycles. The van der Waals surface area contributed by atoms with Gasteiger partial charge in [-0.3, -0.25) is 4.79 Å². The van der Waals surface area contributed by atoms with Crippen molar-refractivity contribution in [2.24, 2.45) is 5.92 Å². The second kappa shape index (κ2) is 9.47. The standard InChI is InChI=1S/C24H25ClN2O3S/c25-20-9-5-4-8-19(20)22(28)27(15-17-10-12-26-13-11-17)24(23(29)30)14-21(31-16-24)18-6-2-1-3-7-18/h1-9,14,17,26H,10-13,15-16H2,(H,29,30). The third kappa shape index (κ3) is 4.52. The number of amides is 1. The van der Waals surface area contributed by atoms with Crippen molar-refractivity contribution in [3.63, 3.8) is 0 Å². The van der Waals surface area contributed by atoms with Crippen molar-refractivity contribution < 1.29 is 14.7 Å². The van der Waals surface area contributed by atoms with E-state index in [1.54, 1.807) is 35.2 Å². The van der Waals surface area contributed by atoms with Crippen LogP contribution in [0.3, 0.4) is 0 Å². The van der Waals surface area contributed by atoms with Gasteiger partial charge in [-0.2, -0.15) is 0 Å². The number of carbonyl (C=O) groups is 2. The average molecular weight is 457 g/mol. The van der Waals surface area contributed by atoms with E-state index in [4.69, 9.17) is 11.6 Å². The molecular formula is C24H25ClN2O3S. The van der Waals surface area contributed by atoms with Crippen LogP contribution in [0.4, 0.5) is 0 Å². The molecule has 162 valence electrons. The van der Waals surface area contributed by atoms with E-state index in [-0.39, 0.29) is 17.6 Å². The van der Waals surface area contributed by atoms with Gasteiger partial charge in [0.15, 0.2) is 5.54 Å². The molecule has 2 aliphatic rings. The molecule has 0 radical (unpaired) electrons. The van der Waals surface area contributed by atoms with E-state index in [1.807, 2.05) is 30.3 Å². The number of hydrogen-bond donors (Lipinski definition) is 2. The van der Waals surface area contributed by atoms with Gasteiger partial charge in [-0.05, 0) is 55.6 Å². The molecule has 1 amide bonds. The molecule has 0 aromatic heterocycles. The van der Waals surface area contributed by atoms with Gasteiger partial charge >= 0.3 is 5.97 Å². The lowest BCUT2D eigenvalue weighted by atomic mass is 9.91. The fourth-order valence-corrected chi connectivity index (χ4v) is 5.72. The lowest BCUT2D eigenvalue weighted by Crippen LogP contribution is -2.58. The number of nitrogens with zero attached hydrogens (tertiary/aromatic N) is 1. The highest BCUT2D eigenvalue weighted by Crippen LogP contribution is 2.43. The first-order chi connectivity index (χ1) is 15.0. The molecule has 1 unspecified atom stereocenters. The number of halogens is 1. The van der Waals surface area contributed by atoms with Crippen LogP contribution in [0.1, 0.15) is 28.8 Å². The summed E-state index contributed by atoms with van der Waals surface area (Å²) in [6, 6.07) is 16.6. The van der Waals surface area contributed by atoms with Gasteiger partial charge in [0, 0.05) is 17.2 Å². The maximum atomic E-state index is 13.7. The molecule has 2 heterocycles. The molecule has 5 nitrogen and oxygen atoms in total. The van der Waals surface area contributed by atoms with Crippen LogP contribution in [0, 0.1) is 5.92 Å². The maximum Gasteiger partial charge on any atom is 0.334 e. The van der Waals surface area contributed by atoms with Crippen molar-refractivity contribution >= 4 is 40.1 Å². The predicted molar refractivity (Wildman–Crippen MR) is 125 cm³/mol. The van der Waals surface area contributed by atoms with Crippen LogP contribution < -0.4 is 5.32 Å². The minimum atomic E-state index is -1.42. The van der Waals surface area contributed by atoms with Gasteiger partial charge in [0.05, 0.1) is 10.6 Å². The van der Waals surface area contributed by atoms with Crippen molar-refractivity contribution in [1.82, 2.24) is 10.2 Å². The minimum Gasteiger partial charge on any atom is -0.479 e. The first kappa shape index (κ1) is 21.9. The number of carboxylic acids is 1. The Bertz CT molecular complexity index is 991. The van der Waals surface area contributed by atoms with Crippen LogP contribution in [0.15, 0.2) is 60.7 Å². The smallest absolute Gasteiger partial charge is 0.334 e. The predicted octanol–water partition coefficient (Wildman–Crippen LogP) is 4.39. The number of thioether (sulfide) groups is 1. The highest BCUT2D eigenvalue weighted by atomic mass is 35.5. The Morgan fingerprint density at radius 2 is 1.77 bits per heavy atom. The first-order valence-corrected chi connectivity index (χ1v) is 11.8. The molecule has 0 spiro atoms. The molecule has 4 rings (SSSR count). The van der Waals surface area contributed by atoms with E-state index < -0.39 is 11.5 Å². The maximum absolute atomic E-state index is 13.7. The monoisotopic (exact) mass is 456 g/mol. The highest BCUT2D eigenvalue weighted by Gasteiger charge is 2.49. The number of aliphatic carboxylic acids is 1. The van der Waals surface area contributed by atoms with Gasteiger partial charge in [-0.1, -0.05) is 54.1 Å². The van der Waals surface area contributed by atoms with Crippen LogP contribution in [-0.2, 0) is 4.79 Å². The zero-order valence-electron chi connectivity index (χ0n) is 17.1. The van der Waals surface area contributed by atoms with E-state index in [2.05, 4.69) is 5.32 Å². The molecule has 1 atom stereocenters. The van der Waals surface area contributed by atoms with Crippen LogP contribution in [0.2, 0.25) is 5.02 Å². The van der Waals surface area contributed by atoms with E-state index >= 15 is 0 Å². The third-order valence-corrected chi connectivity index (χ3v) is 7.56. The minimum absolute atomic E-state index is 0.239. The zero-order chi connectivity index (χ0) is 21.8. The Balaban J connectivity index is 1.76. The number of rotatable bonds is 6. The van der Waals surface area contributed by atoms with E-state index in [9.17, 15) is 14.7 Å². The molecule has 1 saturated heterocycles. The number of piperidine rings is 1. The normalized spacial score (nSPS) is 21.5. The summed E-state index contributed by atoms with van der Waals surface area (Å²) in [5.74, 6) is -0.839. The van der Waals surface area contributed by atoms with Crippen LogP contribution >= 0.6 is 23.4 Å². The largest absolute Gasteiger partial charge is 0.479 e. The second-order valence-electron chi connectivity index (χ2n) is 7.98. The number of carboxylic acid groups (broad SMARTS) is 1. The van der Waals surface area contributed by atoms with E-state index in [0.717, 1.165) is 36.4 Å². The Labute approximate surface area is 191 Å². The van der Waals surface area contributed by atoms with Gasteiger partial charge in [0.25, 0.3) is 5.91 Å². The third-order valence-electron chi connectivity index (χ3n) is 5.98. The summed E-state index contributed by atoms with van der Waals surface area (Å²) in [6.07, 6.45) is 3.57. The van der Waals surface area contributed by atoms with Crippen LogP contribution in [-0.4, -0.2) is 52.8 Å². The summed E-state index contributed by atoms with van der Waals surface area (Å²) in [4.78, 5) is 28.8. The number of carbonyl (C=O) groups excluding carboxylic acids is 1. The lowest BCUT2D eigenvalue weighted by Gasteiger charge is -2.39. The molecular weight excluding hydrogens is 432 g/mol. The SMILES string of the molecule is O=C(c1ccccc1Cl)N(CC1CCNCC1)C1(C(=O)O)C=C(c2ccccc2)SC1. The number of nitrogens with one attached hydrogen (secondary N) is 1. The zero-order valence-corrected chi connectivity index (χ0v) is 18.7. The van der Waals surface area contributed by atoms with Crippen molar-refractivity contribution in [3.8, 4) is 0 Å².